The lowest BCUT2D eigenvalue weighted by atomic mass is 9.87. The molecule has 11 heteroatoms. The Kier molecular flexibility index (Phi) is 9.02. The van der Waals surface area contributed by atoms with Gasteiger partial charge in [-0.1, -0.05) is 38.0 Å². The van der Waals surface area contributed by atoms with Crippen molar-refractivity contribution in [2.45, 2.75) is 67.4 Å². The first-order valence-electron chi connectivity index (χ1n) is 12.7. The summed E-state index contributed by atoms with van der Waals surface area (Å²) in [5.74, 6) is -0.227. The third-order valence-electron chi connectivity index (χ3n) is 7.00. The molecule has 1 amide bonds. The Bertz CT molecular complexity index is 1260. The summed E-state index contributed by atoms with van der Waals surface area (Å²) < 4.78 is 62.5. The fourth-order valence-electron chi connectivity index (χ4n) is 4.84. The maximum atomic E-state index is 13.6. The SMILES string of the molecule is C[C@@H]1CCCC[C@H]1NS(=O)(=O)c1ccc(S(=O)(=O)N(CC(=O)Nc2ccccc2)C[C@@H]2CCCO2)cc1. The van der Waals surface area contributed by atoms with Crippen LogP contribution >= 0.6 is 0 Å². The maximum absolute atomic E-state index is 13.6. The maximum Gasteiger partial charge on any atom is 0.243 e. The molecule has 1 saturated carbocycles. The van der Waals surface area contributed by atoms with Crippen LogP contribution in [0.2, 0.25) is 0 Å². The van der Waals surface area contributed by atoms with Gasteiger partial charge in [0.1, 0.15) is 0 Å². The molecule has 2 N–H and O–H groups in total. The van der Waals surface area contributed by atoms with Crippen LogP contribution in [0.15, 0.2) is 64.4 Å². The number of hydrogen-bond acceptors (Lipinski definition) is 6. The number of carbonyl (C=O) groups is 1. The molecule has 0 bridgehead atoms. The molecular weight excluding hydrogens is 514 g/mol. The van der Waals surface area contributed by atoms with E-state index in [1.165, 1.54) is 24.3 Å². The third-order valence-corrected chi connectivity index (χ3v) is 10.3. The van der Waals surface area contributed by atoms with Crippen molar-refractivity contribution in [3.63, 3.8) is 0 Å². The zero-order valence-corrected chi connectivity index (χ0v) is 22.6. The lowest BCUT2D eigenvalue weighted by Crippen LogP contribution is -2.42. The number of nitrogens with zero attached hydrogens (tertiary/aromatic N) is 1. The van der Waals surface area contributed by atoms with Gasteiger partial charge in [-0.05, 0) is 68.0 Å². The summed E-state index contributed by atoms with van der Waals surface area (Å²) in [6.07, 6.45) is 5.06. The Hall–Kier alpha value is -2.31. The number of hydrogen-bond donors (Lipinski definition) is 2. The molecule has 2 aromatic rings. The van der Waals surface area contributed by atoms with Gasteiger partial charge in [-0.3, -0.25) is 4.79 Å². The molecule has 1 aliphatic carbocycles. The molecule has 0 aromatic heterocycles. The van der Waals surface area contributed by atoms with Gasteiger partial charge in [0.2, 0.25) is 26.0 Å². The highest BCUT2D eigenvalue weighted by molar-refractivity contribution is 7.89. The largest absolute Gasteiger partial charge is 0.377 e. The van der Waals surface area contributed by atoms with Crippen molar-refractivity contribution in [2.24, 2.45) is 5.92 Å². The van der Waals surface area contributed by atoms with Gasteiger partial charge < -0.3 is 10.1 Å². The first-order valence-corrected chi connectivity index (χ1v) is 15.7. The van der Waals surface area contributed by atoms with E-state index in [9.17, 15) is 21.6 Å². The lowest BCUT2D eigenvalue weighted by molar-refractivity contribution is -0.116. The fourth-order valence-corrected chi connectivity index (χ4v) is 7.65. The number of benzene rings is 2. The van der Waals surface area contributed by atoms with Gasteiger partial charge in [0.25, 0.3) is 0 Å². The standard InChI is InChI=1S/C26H35N3O6S2/c1-20-8-5-6-12-25(20)28-36(31,32)23-13-15-24(16-14-23)37(33,34)29(18-22-11-7-17-35-22)19-26(30)27-21-9-3-2-4-10-21/h2-4,9-10,13-16,20,22,25,28H,5-8,11-12,17-19H2,1H3,(H,27,30)/t20-,22+,25-/m1/s1. The second-order valence-electron chi connectivity index (χ2n) is 9.81. The molecule has 1 saturated heterocycles. The highest BCUT2D eigenvalue weighted by atomic mass is 32.2. The second kappa shape index (κ2) is 12.0. The predicted molar refractivity (Wildman–Crippen MR) is 141 cm³/mol. The fraction of sp³-hybridized carbons (Fsp3) is 0.500. The molecule has 3 atom stereocenters. The molecule has 0 radical (unpaired) electrons. The average molecular weight is 550 g/mol. The molecule has 0 spiro atoms. The molecule has 37 heavy (non-hydrogen) atoms. The zero-order valence-electron chi connectivity index (χ0n) is 21.0. The Labute approximate surface area is 219 Å². The van der Waals surface area contributed by atoms with Gasteiger partial charge >= 0.3 is 0 Å². The number of carbonyl (C=O) groups excluding carboxylic acids is 1. The van der Waals surface area contributed by atoms with Crippen LogP contribution in [0.5, 0.6) is 0 Å². The third kappa shape index (κ3) is 7.17. The Morgan fingerprint density at radius 2 is 1.59 bits per heavy atom. The molecule has 2 aromatic carbocycles. The highest BCUT2D eigenvalue weighted by Gasteiger charge is 2.32. The van der Waals surface area contributed by atoms with E-state index in [0.717, 1.165) is 36.4 Å². The van der Waals surface area contributed by atoms with Crippen molar-refractivity contribution in [1.29, 1.82) is 0 Å². The van der Waals surface area contributed by atoms with E-state index in [4.69, 9.17) is 4.74 Å². The van der Waals surface area contributed by atoms with Crippen molar-refractivity contribution < 1.29 is 26.4 Å². The summed E-state index contributed by atoms with van der Waals surface area (Å²) in [5.41, 5.74) is 0.566. The minimum Gasteiger partial charge on any atom is -0.377 e. The van der Waals surface area contributed by atoms with Crippen molar-refractivity contribution in [1.82, 2.24) is 9.03 Å². The summed E-state index contributed by atoms with van der Waals surface area (Å²) in [5, 5.41) is 2.72. The molecular formula is C26H35N3O6S2. The van der Waals surface area contributed by atoms with Gasteiger partial charge in [0.15, 0.2) is 0 Å². The number of rotatable bonds is 10. The van der Waals surface area contributed by atoms with Crippen molar-refractivity contribution in [3.8, 4) is 0 Å². The van der Waals surface area contributed by atoms with E-state index < -0.39 is 32.5 Å². The van der Waals surface area contributed by atoms with E-state index in [2.05, 4.69) is 10.0 Å². The number of ether oxygens (including phenoxy) is 1. The van der Waals surface area contributed by atoms with E-state index in [1.807, 2.05) is 13.0 Å². The van der Waals surface area contributed by atoms with Crippen LogP contribution in [0.1, 0.15) is 45.4 Å². The highest BCUT2D eigenvalue weighted by Crippen LogP contribution is 2.26. The quantitative estimate of drug-likeness (QED) is 0.469. The lowest BCUT2D eigenvalue weighted by Gasteiger charge is -2.29. The van der Waals surface area contributed by atoms with Crippen LogP contribution in [0.3, 0.4) is 0 Å². The average Bonchev–Trinajstić information content (AvgIpc) is 3.39. The Morgan fingerprint density at radius 1 is 0.919 bits per heavy atom. The first-order chi connectivity index (χ1) is 17.6. The van der Waals surface area contributed by atoms with Gasteiger partial charge in [-0.15, -0.1) is 0 Å². The van der Waals surface area contributed by atoms with E-state index in [1.54, 1.807) is 24.3 Å². The monoisotopic (exact) mass is 549 g/mol. The number of anilines is 1. The topological polar surface area (TPSA) is 122 Å². The number of amides is 1. The second-order valence-corrected chi connectivity index (χ2v) is 13.5. The van der Waals surface area contributed by atoms with Gasteiger partial charge in [-0.2, -0.15) is 4.31 Å². The Balaban J connectivity index is 1.51. The zero-order chi connectivity index (χ0) is 26.5. The van der Waals surface area contributed by atoms with Crippen LogP contribution in [-0.4, -0.2) is 58.9 Å². The number of nitrogens with one attached hydrogen (secondary N) is 2. The molecule has 0 unspecified atom stereocenters. The van der Waals surface area contributed by atoms with Crippen LogP contribution in [0, 0.1) is 5.92 Å². The first kappa shape index (κ1) is 27.7. The van der Waals surface area contributed by atoms with Gasteiger partial charge in [0, 0.05) is 24.9 Å². The predicted octanol–water partition coefficient (Wildman–Crippen LogP) is 3.35. The number of sulfonamides is 2. The smallest absolute Gasteiger partial charge is 0.243 e. The summed E-state index contributed by atoms with van der Waals surface area (Å²) in [7, 11) is -7.89. The van der Waals surface area contributed by atoms with E-state index in [0.29, 0.717) is 18.7 Å². The molecule has 4 rings (SSSR count). The summed E-state index contributed by atoms with van der Waals surface area (Å²) >= 11 is 0. The number of para-hydroxylation sites is 1. The van der Waals surface area contributed by atoms with Crippen LogP contribution in [0.25, 0.3) is 0 Å². The van der Waals surface area contributed by atoms with E-state index >= 15 is 0 Å². The van der Waals surface area contributed by atoms with E-state index in [-0.39, 0.29) is 34.4 Å². The summed E-state index contributed by atoms with van der Waals surface area (Å²) in [4.78, 5) is 12.7. The summed E-state index contributed by atoms with van der Waals surface area (Å²) in [6.45, 7) is 2.23. The minimum absolute atomic E-state index is 0.0109. The van der Waals surface area contributed by atoms with Crippen molar-refractivity contribution in [2.75, 3.05) is 25.0 Å². The molecule has 202 valence electrons. The summed E-state index contributed by atoms with van der Waals surface area (Å²) in [6, 6.07) is 13.8. The van der Waals surface area contributed by atoms with Crippen LogP contribution in [-0.2, 0) is 29.6 Å². The molecule has 1 aliphatic heterocycles. The normalized spacial score (nSPS) is 22.7. The minimum atomic E-state index is -4.10. The Morgan fingerprint density at radius 3 is 2.24 bits per heavy atom. The van der Waals surface area contributed by atoms with Gasteiger partial charge in [-0.25, -0.2) is 21.6 Å². The van der Waals surface area contributed by atoms with Gasteiger partial charge in [0.05, 0.1) is 22.4 Å². The van der Waals surface area contributed by atoms with Crippen LogP contribution in [0.4, 0.5) is 5.69 Å². The van der Waals surface area contributed by atoms with Crippen LogP contribution < -0.4 is 10.0 Å². The molecule has 2 aliphatic rings. The van der Waals surface area contributed by atoms with Crippen molar-refractivity contribution >= 4 is 31.6 Å². The molecule has 9 nitrogen and oxygen atoms in total. The molecule has 1 heterocycles. The molecule has 2 fully saturated rings. The van der Waals surface area contributed by atoms with Crippen molar-refractivity contribution in [3.05, 3.63) is 54.6 Å².